The van der Waals surface area contributed by atoms with Gasteiger partial charge in [0.25, 0.3) is 0 Å². The Kier molecular flexibility index (Phi) is 5.51. The summed E-state index contributed by atoms with van der Waals surface area (Å²) < 4.78 is 5.36. The number of nitrogens with one attached hydrogen (secondary N) is 1. The third-order valence-electron chi connectivity index (χ3n) is 2.96. The molecule has 1 amide bonds. The molecule has 0 radical (unpaired) electrons. The van der Waals surface area contributed by atoms with E-state index >= 15 is 0 Å². The molecule has 3 heteroatoms. The lowest BCUT2D eigenvalue weighted by molar-refractivity contribution is 0.0625. The molecule has 0 saturated heterocycles. The first-order valence-corrected chi connectivity index (χ1v) is 6.16. The molecule has 1 unspecified atom stereocenters. The Balaban J connectivity index is 2.13. The first kappa shape index (κ1) is 12.3. The number of carbonyl (C=O) groups excluding carboxylic acids is 1. The third kappa shape index (κ3) is 5.05. The van der Waals surface area contributed by atoms with Crippen LogP contribution in [-0.2, 0) is 4.74 Å². The first-order valence-electron chi connectivity index (χ1n) is 6.16. The van der Waals surface area contributed by atoms with Gasteiger partial charge in [0.1, 0.15) is 6.10 Å². The highest BCUT2D eigenvalue weighted by Gasteiger charge is 2.21. The summed E-state index contributed by atoms with van der Waals surface area (Å²) in [5.41, 5.74) is 0. The van der Waals surface area contributed by atoms with Gasteiger partial charge in [-0.15, -0.1) is 0 Å². The quantitative estimate of drug-likeness (QED) is 0.729. The number of hydrogen-bond acceptors (Lipinski definition) is 2. The lowest BCUT2D eigenvalue weighted by Crippen LogP contribution is -2.32. The summed E-state index contributed by atoms with van der Waals surface area (Å²) in [6, 6.07) is 0. The van der Waals surface area contributed by atoms with Crippen LogP contribution in [0.3, 0.4) is 0 Å². The number of carbonyl (C=O) groups is 1. The minimum absolute atomic E-state index is 0.148. The summed E-state index contributed by atoms with van der Waals surface area (Å²) >= 11 is 0. The van der Waals surface area contributed by atoms with E-state index in [0.717, 1.165) is 32.2 Å². The van der Waals surface area contributed by atoms with Gasteiger partial charge in [-0.3, -0.25) is 0 Å². The van der Waals surface area contributed by atoms with Crippen molar-refractivity contribution in [3.05, 3.63) is 0 Å². The largest absolute Gasteiger partial charge is 0.446 e. The van der Waals surface area contributed by atoms with Crippen LogP contribution in [0.4, 0.5) is 4.79 Å². The van der Waals surface area contributed by atoms with Crippen molar-refractivity contribution in [3.63, 3.8) is 0 Å². The fourth-order valence-electron chi connectivity index (χ4n) is 2.05. The van der Waals surface area contributed by atoms with E-state index in [4.69, 9.17) is 4.74 Å². The van der Waals surface area contributed by atoms with Crippen molar-refractivity contribution in [1.82, 2.24) is 5.32 Å². The van der Waals surface area contributed by atoms with Gasteiger partial charge < -0.3 is 10.1 Å². The second kappa shape index (κ2) is 6.70. The van der Waals surface area contributed by atoms with Crippen molar-refractivity contribution in [2.75, 3.05) is 6.54 Å². The lowest BCUT2D eigenvalue weighted by atomic mass is 9.89. The standard InChI is InChI=1S/C12H23NO2/c1-3-4-8-13-12(14)15-11-7-5-6-10(2)9-11/h10-11H,3-9H2,1-2H3,(H,13,14)/t10?,11-/m0/s1. The molecule has 0 bridgehead atoms. The molecule has 1 rings (SSSR count). The topological polar surface area (TPSA) is 38.3 Å². The predicted octanol–water partition coefficient (Wildman–Crippen LogP) is 3.09. The summed E-state index contributed by atoms with van der Waals surface area (Å²) in [5.74, 6) is 0.701. The molecule has 0 aromatic carbocycles. The highest BCUT2D eigenvalue weighted by atomic mass is 16.6. The van der Waals surface area contributed by atoms with Crippen LogP contribution in [0.25, 0.3) is 0 Å². The van der Waals surface area contributed by atoms with Gasteiger partial charge >= 0.3 is 6.09 Å². The Bertz CT molecular complexity index is 194. The zero-order valence-corrected chi connectivity index (χ0v) is 9.92. The maximum atomic E-state index is 11.4. The van der Waals surface area contributed by atoms with E-state index in [0.29, 0.717) is 5.92 Å². The van der Waals surface area contributed by atoms with E-state index < -0.39 is 0 Å². The average molecular weight is 213 g/mol. The van der Waals surface area contributed by atoms with Crippen molar-refractivity contribution in [2.45, 2.75) is 58.5 Å². The van der Waals surface area contributed by atoms with E-state index in [1.165, 1.54) is 12.8 Å². The average Bonchev–Trinajstić information content (AvgIpc) is 2.18. The molecule has 1 aliphatic rings. The second-order valence-corrected chi connectivity index (χ2v) is 4.58. The Morgan fingerprint density at radius 3 is 2.93 bits per heavy atom. The Morgan fingerprint density at radius 1 is 1.47 bits per heavy atom. The number of rotatable bonds is 4. The first-order chi connectivity index (χ1) is 7.22. The van der Waals surface area contributed by atoms with Crippen molar-refractivity contribution >= 4 is 6.09 Å². The van der Waals surface area contributed by atoms with Crippen LogP contribution in [0.15, 0.2) is 0 Å². The lowest BCUT2D eigenvalue weighted by Gasteiger charge is -2.26. The van der Waals surface area contributed by atoms with Crippen LogP contribution in [0, 0.1) is 5.92 Å². The van der Waals surface area contributed by atoms with E-state index in [2.05, 4.69) is 19.2 Å². The van der Waals surface area contributed by atoms with Gasteiger partial charge in [-0.25, -0.2) is 4.79 Å². The summed E-state index contributed by atoms with van der Waals surface area (Å²) in [6.45, 7) is 5.07. The van der Waals surface area contributed by atoms with Gasteiger partial charge in [0.15, 0.2) is 0 Å². The van der Waals surface area contributed by atoms with Crippen molar-refractivity contribution in [2.24, 2.45) is 5.92 Å². The van der Waals surface area contributed by atoms with Gasteiger partial charge in [-0.1, -0.05) is 26.7 Å². The molecular weight excluding hydrogens is 190 g/mol. The van der Waals surface area contributed by atoms with Gasteiger partial charge in [-0.05, 0) is 31.6 Å². The zero-order chi connectivity index (χ0) is 11.1. The molecular formula is C12H23NO2. The molecule has 15 heavy (non-hydrogen) atoms. The van der Waals surface area contributed by atoms with Crippen molar-refractivity contribution in [1.29, 1.82) is 0 Å². The maximum Gasteiger partial charge on any atom is 0.407 e. The van der Waals surface area contributed by atoms with Gasteiger partial charge in [0.2, 0.25) is 0 Å². The molecule has 3 nitrogen and oxygen atoms in total. The van der Waals surface area contributed by atoms with Gasteiger partial charge in [-0.2, -0.15) is 0 Å². The summed E-state index contributed by atoms with van der Waals surface area (Å²) in [7, 11) is 0. The molecule has 88 valence electrons. The molecule has 1 N–H and O–H groups in total. The predicted molar refractivity (Wildman–Crippen MR) is 60.8 cm³/mol. The number of ether oxygens (including phenoxy) is 1. The van der Waals surface area contributed by atoms with Gasteiger partial charge in [0.05, 0.1) is 0 Å². The smallest absolute Gasteiger partial charge is 0.407 e. The minimum Gasteiger partial charge on any atom is -0.446 e. The van der Waals surface area contributed by atoms with E-state index in [1.54, 1.807) is 0 Å². The Labute approximate surface area is 92.6 Å². The second-order valence-electron chi connectivity index (χ2n) is 4.58. The van der Waals surface area contributed by atoms with Crippen molar-refractivity contribution < 1.29 is 9.53 Å². The maximum absolute atomic E-state index is 11.4. The third-order valence-corrected chi connectivity index (χ3v) is 2.96. The van der Waals surface area contributed by atoms with Crippen LogP contribution in [0.1, 0.15) is 52.4 Å². The molecule has 0 aromatic rings. The summed E-state index contributed by atoms with van der Waals surface area (Å²) in [5, 5.41) is 2.78. The Morgan fingerprint density at radius 2 is 2.27 bits per heavy atom. The van der Waals surface area contributed by atoms with Crippen LogP contribution in [0.2, 0.25) is 0 Å². The summed E-state index contributed by atoms with van der Waals surface area (Å²) in [4.78, 5) is 11.4. The van der Waals surface area contributed by atoms with Crippen LogP contribution in [0.5, 0.6) is 0 Å². The monoisotopic (exact) mass is 213 g/mol. The van der Waals surface area contributed by atoms with E-state index in [9.17, 15) is 4.79 Å². The highest BCUT2D eigenvalue weighted by Crippen LogP contribution is 2.25. The van der Waals surface area contributed by atoms with Crippen molar-refractivity contribution in [3.8, 4) is 0 Å². The molecule has 0 heterocycles. The molecule has 0 aromatic heterocycles. The fourth-order valence-corrected chi connectivity index (χ4v) is 2.05. The van der Waals surface area contributed by atoms with E-state index in [-0.39, 0.29) is 12.2 Å². The highest BCUT2D eigenvalue weighted by molar-refractivity contribution is 5.67. The Hall–Kier alpha value is -0.730. The molecule has 0 aliphatic heterocycles. The fraction of sp³-hybridized carbons (Fsp3) is 0.917. The summed E-state index contributed by atoms with van der Waals surface area (Å²) in [6.07, 6.45) is 6.56. The van der Waals surface area contributed by atoms with Crippen LogP contribution >= 0.6 is 0 Å². The van der Waals surface area contributed by atoms with Crippen LogP contribution in [-0.4, -0.2) is 18.7 Å². The minimum atomic E-state index is -0.234. The molecule has 1 aliphatic carbocycles. The van der Waals surface area contributed by atoms with Gasteiger partial charge in [0, 0.05) is 6.54 Å². The SMILES string of the molecule is CCCCNC(=O)O[C@H]1CCCC(C)C1. The van der Waals surface area contributed by atoms with Crippen LogP contribution < -0.4 is 5.32 Å². The number of alkyl carbamates (subject to hydrolysis) is 1. The molecule has 1 saturated carbocycles. The zero-order valence-electron chi connectivity index (χ0n) is 9.92. The molecule has 1 fully saturated rings. The normalized spacial score (nSPS) is 26.0. The number of hydrogen-bond donors (Lipinski definition) is 1. The molecule has 0 spiro atoms. The number of unbranched alkanes of at least 4 members (excludes halogenated alkanes) is 1. The molecule has 2 atom stereocenters. The van der Waals surface area contributed by atoms with E-state index in [1.807, 2.05) is 0 Å². The number of amides is 1.